The van der Waals surface area contributed by atoms with Crippen LogP contribution >= 0.6 is 0 Å². The molecule has 0 aliphatic heterocycles. The number of aryl methyl sites for hydroxylation is 2. The maximum Gasteiger partial charge on any atom is 0.246 e. The summed E-state index contributed by atoms with van der Waals surface area (Å²) >= 11 is 0. The van der Waals surface area contributed by atoms with Crippen LogP contribution in [0, 0.1) is 13.8 Å². The van der Waals surface area contributed by atoms with Crippen LogP contribution in [0.4, 0.5) is 0 Å². The third kappa shape index (κ3) is 4.54. The van der Waals surface area contributed by atoms with E-state index in [2.05, 4.69) is 15.2 Å². The second-order valence-electron chi connectivity index (χ2n) is 6.19. The van der Waals surface area contributed by atoms with Crippen molar-refractivity contribution < 1.29 is 17.7 Å². The van der Waals surface area contributed by atoms with Gasteiger partial charge in [0, 0.05) is 6.04 Å². The Balaban J connectivity index is 2.00. The number of carbonyl (C=O) groups is 1. The third-order valence-electron chi connectivity index (χ3n) is 4.16. The van der Waals surface area contributed by atoms with E-state index in [0.29, 0.717) is 0 Å². The van der Waals surface area contributed by atoms with E-state index < -0.39 is 16.1 Å². The lowest BCUT2D eigenvalue weighted by molar-refractivity contribution is -0.123. The summed E-state index contributed by atoms with van der Waals surface area (Å²) in [4.78, 5) is 12.3. The van der Waals surface area contributed by atoms with Crippen molar-refractivity contribution in [2.24, 2.45) is 0 Å². The van der Waals surface area contributed by atoms with Gasteiger partial charge in [0.1, 0.15) is 10.6 Å². The van der Waals surface area contributed by atoms with Gasteiger partial charge >= 0.3 is 0 Å². The van der Waals surface area contributed by atoms with E-state index in [4.69, 9.17) is 4.52 Å². The second-order valence-corrected chi connectivity index (χ2v) is 7.84. The molecule has 1 fully saturated rings. The molecule has 0 saturated heterocycles. The average Bonchev–Trinajstić information content (AvgIpc) is 2.66. The van der Waals surface area contributed by atoms with Crippen molar-refractivity contribution in [1.82, 2.24) is 15.2 Å². The molecule has 0 unspecified atom stereocenters. The Morgan fingerprint density at radius 2 is 1.83 bits per heavy atom. The second kappa shape index (κ2) is 7.44. The third-order valence-corrected chi connectivity index (χ3v) is 5.95. The zero-order chi connectivity index (χ0) is 17.0. The summed E-state index contributed by atoms with van der Waals surface area (Å²) in [6.45, 7) is 4.63. The molecule has 1 aliphatic carbocycles. The summed E-state index contributed by atoms with van der Waals surface area (Å²) in [6.07, 6.45) is 6.50. The lowest BCUT2D eigenvalue weighted by atomic mass is 10.1. The Morgan fingerprint density at radius 1 is 1.22 bits per heavy atom. The van der Waals surface area contributed by atoms with Crippen LogP contribution in [-0.2, 0) is 14.8 Å². The van der Waals surface area contributed by atoms with Crippen molar-refractivity contribution in [2.75, 3.05) is 0 Å². The summed E-state index contributed by atoms with van der Waals surface area (Å²) in [7, 11) is -3.84. The average molecular weight is 343 g/mol. The van der Waals surface area contributed by atoms with Gasteiger partial charge in [-0.25, -0.2) is 8.42 Å². The lowest BCUT2D eigenvalue weighted by Gasteiger charge is -2.20. The van der Waals surface area contributed by atoms with Crippen LogP contribution in [0.2, 0.25) is 0 Å². The summed E-state index contributed by atoms with van der Waals surface area (Å²) < 4.78 is 32.1. The van der Waals surface area contributed by atoms with E-state index in [1.807, 2.05) is 0 Å². The predicted octanol–water partition coefficient (Wildman–Crippen LogP) is 1.80. The highest BCUT2D eigenvalue weighted by Gasteiger charge is 2.28. The molecule has 0 aromatic carbocycles. The summed E-state index contributed by atoms with van der Waals surface area (Å²) in [5, 5.41) is 6.59. The number of carbonyl (C=O) groups excluding carboxylic acids is 1. The van der Waals surface area contributed by atoms with Crippen molar-refractivity contribution in [3.8, 4) is 0 Å². The molecule has 1 aromatic rings. The topological polar surface area (TPSA) is 101 Å². The smallest absolute Gasteiger partial charge is 0.246 e. The van der Waals surface area contributed by atoms with Crippen LogP contribution in [0.25, 0.3) is 0 Å². The first-order chi connectivity index (χ1) is 10.8. The Morgan fingerprint density at radius 3 is 2.35 bits per heavy atom. The van der Waals surface area contributed by atoms with Crippen LogP contribution in [-0.4, -0.2) is 31.6 Å². The molecule has 1 heterocycles. The van der Waals surface area contributed by atoms with Gasteiger partial charge in [0.15, 0.2) is 5.76 Å². The summed E-state index contributed by atoms with van der Waals surface area (Å²) in [5.41, 5.74) is 0.284. The number of amides is 1. The SMILES string of the molecule is Cc1noc(C)c1S(=O)(=O)N[C@H](C)C(=O)NC1CCCCCC1. The molecule has 2 rings (SSSR count). The summed E-state index contributed by atoms with van der Waals surface area (Å²) in [6, 6.07) is -0.715. The standard InChI is InChI=1S/C15H25N3O4S/c1-10-14(12(3)22-17-10)23(20,21)18-11(2)15(19)16-13-8-6-4-5-7-9-13/h11,13,18H,4-9H2,1-3H3,(H,16,19)/t11-/m1/s1. The lowest BCUT2D eigenvalue weighted by Crippen LogP contribution is -2.48. The van der Waals surface area contributed by atoms with Gasteiger partial charge in [-0.15, -0.1) is 0 Å². The molecule has 7 nitrogen and oxygen atoms in total. The Labute approximate surface area is 137 Å². The Hall–Kier alpha value is -1.41. The first-order valence-electron chi connectivity index (χ1n) is 8.07. The minimum Gasteiger partial charge on any atom is -0.360 e. The summed E-state index contributed by atoms with van der Waals surface area (Å²) in [5.74, 6) is -0.0846. The number of sulfonamides is 1. The van der Waals surface area contributed by atoms with Gasteiger partial charge < -0.3 is 9.84 Å². The van der Waals surface area contributed by atoms with Crippen molar-refractivity contribution >= 4 is 15.9 Å². The normalized spacial score (nSPS) is 18.4. The van der Waals surface area contributed by atoms with E-state index in [1.165, 1.54) is 19.8 Å². The van der Waals surface area contributed by atoms with Gasteiger partial charge in [-0.05, 0) is 33.6 Å². The molecular formula is C15H25N3O4S. The fourth-order valence-corrected chi connectivity index (χ4v) is 4.49. The molecule has 1 aromatic heterocycles. The number of hydrogen-bond donors (Lipinski definition) is 2. The van der Waals surface area contributed by atoms with Gasteiger partial charge in [-0.1, -0.05) is 30.8 Å². The van der Waals surface area contributed by atoms with Crippen molar-refractivity contribution in [2.45, 2.75) is 76.3 Å². The molecule has 130 valence electrons. The Kier molecular flexibility index (Phi) is 5.80. The number of aromatic nitrogens is 1. The maximum absolute atomic E-state index is 12.4. The first-order valence-corrected chi connectivity index (χ1v) is 9.55. The molecular weight excluding hydrogens is 318 g/mol. The predicted molar refractivity (Wildman–Crippen MR) is 85.4 cm³/mol. The molecule has 8 heteroatoms. The highest BCUT2D eigenvalue weighted by atomic mass is 32.2. The van der Waals surface area contributed by atoms with Gasteiger partial charge in [0.2, 0.25) is 15.9 Å². The largest absolute Gasteiger partial charge is 0.360 e. The van der Waals surface area contributed by atoms with Crippen LogP contribution in [0.3, 0.4) is 0 Å². The van der Waals surface area contributed by atoms with Crippen LogP contribution in [0.15, 0.2) is 9.42 Å². The van der Waals surface area contributed by atoms with Crippen LogP contribution in [0.5, 0.6) is 0 Å². The van der Waals surface area contributed by atoms with Gasteiger partial charge in [-0.3, -0.25) is 4.79 Å². The van der Waals surface area contributed by atoms with Crippen molar-refractivity contribution in [3.63, 3.8) is 0 Å². The number of nitrogens with one attached hydrogen (secondary N) is 2. The van der Waals surface area contributed by atoms with Gasteiger partial charge in [0.25, 0.3) is 0 Å². The molecule has 0 spiro atoms. The molecule has 23 heavy (non-hydrogen) atoms. The molecule has 1 amide bonds. The monoisotopic (exact) mass is 343 g/mol. The maximum atomic E-state index is 12.4. The number of hydrogen-bond acceptors (Lipinski definition) is 5. The van der Waals surface area contributed by atoms with Crippen molar-refractivity contribution in [1.29, 1.82) is 0 Å². The fraction of sp³-hybridized carbons (Fsp3) is 0.733. The zero-order valence-electron chi connectivity index (χ0n) is 13.9. The minimum absolute atomic E-state index is 0.00613. The molecule has 1 aliphatic rings. The van der Waals surface area contributed by atoms with E-state index >= 15 is 0 Å². The molecule has 2 N–H and O–H groups in total. The minimum atomic E-state index is -3.84. The zero-order valence-corrected chi connectivity index (χ0v) is 14.7. The van der Waals surface area contributed by atoms with E-state index in [1.54, 1.807) is 13.8 Å². The van der Waals surface area contributed by atoms with Gasteiger partial charge in [0.05, 0.1) is 6.04 Å². The molecule has 1 saturated carbocycles. The number of rotatable bonds is 5. The van der Waals surface area contributed by atoms with Crippen molar-refractivity contribution in [3.05, 3.63) is 11.5 Å². The Bertz CT molecular complexity index is 626. The van der Waals surface area contributed by atoms with Gasteiger partial charge in [-0.2, -0.15) is 4.72 Å². The van der Waals surface area contributed by atoms with E-state index in [0.717, 1.165) is 25.7 Å². The molecule has 0 bridgehead atoms. The molecule has 1 atom stereocenters. The van der Waals surface area contributed by atoms with E-state index in [-0.39, 0.29) is 28.3 Å². The quantitative estimate of drug-likeness (QED) is 0.794. The van der Waals surface area contributed by atoms with Crippen LogP contribution < -0.4 is 10.0 Å². The number of nitrogens with zero attached hydrogens (tertiary/aromatic N) is 1. The van der Waals surface area contributed by atoms with Crippen LogP contribution in [0.1, 0.15) is 56.9 Å². The highest BCUT2D eigenvalue weighted by molar-refractivity contribution is 7.89. The van der Waals surface area contributed by atoms with E-state index in [9.17, 15) is 13.2 Å². The fourth-order valence-electron chi connectivity index (χ4n) is 2.95. The first kappa shape index (κ1) is 17.9. The highest BCUT2D eigenvalue weighted by Crippen LogP contribution is 2.19. The molecule has 0 radical (unpaired) electrons.